The second kappa shape index (κ2) is 8.90. The molecule has 226 valence electrons. The minimum atomic E-state index is -0.126. The Kier molecular flexibility index (Phi) is 5.86. The first-order valence-electron chi connectivity index (χ1n) is 16.0. The Morgan fingerprint density at radius 3 is 1.07 bits per heavy atom. The lowest BCUT2D eigenvalue weighted by Crippen LogP contribution is -2.20. The first-order chi connectivity index (χ1) is 20.5. The van der Waals surface area contributed by atoms with Gasteiger partial charge in [-0.25, -0.2) is 0 Å². The van der Waals surface area contributed by atoms with Gasteiger partial charge in [0.25, 0.3) is 0 Å². The lowest BCUT2D eigenvalue weighted by atomic mass is 9.71. The largest absolute Gasteiger partial charge is 0.497 e. The molecule has 44 heavy (non-hydrogen) atoms. The fourth-order valence-corrected chi connectivity index (χ4v) is 8.51. The molecule has 0 spiro atoms. The molecule has 0 atom stereocenters. The topological polar surface area (TPSA) is 18.5 Å². The number of fused-ring (bicyclic) bond motifs is 8. The van der Waals surface area contributed by atoms with Crippen LogP contribution in [0, 0.1) is 0 Å². The van der Waals surface area contributed by atoms with Gasteiger partial charge in [-0.05, 0) is 137 Å². The molecule has 2 heteroatoms. The Labute approximate surface area is 263 Å². The Hall–Kier alpha value is -3.78. The Bertz CT molecular complexity index is 1890. The number of benzene rings is 5. The molecule has 2 aliphatic rings. The molecule has 0 N–H and O–H groups in total. The van der Waals surface area contributed by atoms with E-state index in [2.05, 4.69) is 130 Å². The van der Waals surface area contributed by atoms with Gasteiger partial charge in [-0.2, -0.15) is 0 Å². The highest BCUT2D eigenvalue weighted by Crippen LogP contribution is 2.56. The average Bonchev–Trinajstić information content (AvgIpc) is 3.30. The summed E-state index contributed by atoms with van der Waals surface area (Å²) in [7, 11) is 3.52. The predicted octanol–water partition coefficient (Wildman–Crippen LogP) is 11.2. The molecule has 0 heterocycles. The fraction of sp³-hybridized carbons (Fsp3) is 0.381. The minimum absolute atomic E-state index is 0.0644. The molecule has 7 rings (SSSR count). The van der Waals surface area contributed by atoms with Crippen molar-refractivity contribution in [3.63, 3.8) is 0 Å². The average molecular weight is 583 g/mol. The van der Waals surface area contributed by atoms with Gasteiger partial charge in [0.2, 0.25) is 0 Å². The van der Waals surface area contributed by atoms with Gasteiger partial charge in [-0.1, -0.05) is 81.4 Å². The molecule has 0 saturated carbocycles. The van der Waals surface area contributed by atoms with Gasteiger partial charge in [0, 0.05) is 10.8 Å². The zero-order valence-electron chi connectivity index (χ0n) is 28.6. The summed E-state index contributed by atoms with van der Waals surface area (Å²) < 4.78 is 11.4. The van der Waals surface area contributed by atoms with E-state index in [0.717, 1.165) is 11.5 Å². The molecular weight excluding hydrogens is 536 g/mol. The summed E-state index contributed by atoms with van der Waals surface area (Å²) in [5, 5.41) is 5.52. The van der Waals surface area contributed by atoms with Crippen LogP contribution in [0.4, 0.5) is 0 Å². The summed E-state index contributed by atoms with van der Waals surface area (Å²) in [6, 6.07) is 23.4. The lowest BCUT2D eigenvalue weighted by molar-refractivity contribution is 0.413. The summed E-state index contributed by atoms with van der Waals surface area (Å²) in [6.45, 7) is 23.8. The summed E-state index contributed by atoms with van der Waals surface area (Å²) in [6.07, 6.45) is 0. The highest BCUT2D eigenvalue weighted by atomic mass is 16.5. The fourth-order valence-electron chi connectivity index (χ4n) is 8.51. The molecule has 0 fully saturated rings. The van der Waals surface area contributed by atoms with Crippen LogP contribution in [0.3, 0.4) is 0 Å². The molecule has 0 amide bonds. The van der Waals surface area contributed by atoms with Crippen molar-refractivity contribution in [2.45, 2.75) is 90.9 Å². The second-order valence-electron chi connectivity index (χ2n) is 16.2. The molecule has 2 aliphatic carbocycles. The number of hydrogen-bond donors (Lipinski definition) is 0. The van der Waals surface area contributed by atoms with E-state index in [4.69, 9.17) is 9.47 Å². The normalized spacial score (nSPS) is 16.1. The molecule has 0 bridgehead atoms. The van der Waals surface area contributed by atoms with Crippen molar-refractivity contribution >= 4 is 21.5 Å². The smallest absolute Gasteiger partial charge is 0.119 e. The van der Waals surface area contributed by atoms with Gasteiger partial charge in [-0.15, -0.1) is 0 Å². The van der Waals surface area contributed by atoms with E-state index < -0.39 is 0 Å². The predicted molar refractivity (Wildman–Crippen MR) is 187 cm³/mol. The maximum Gasteiger partial charge on any atom is 0.119 e. The summed E-state index contributed by atoms with van der Waals surface area (Å²) >= 11 is 0. The summed E-state index contributed by atoms with van der Waals surface area (Å²) in [5.74, 6) is 1.83. The van der Waals surface area contributed by atoms with Gasteiger partial charge in [-0.3, -0.25) is 0 Å². The highest BCUT2D eigenvalue weighted by molar-refractivity contribution is 6.11. The van der Waals surface area contributed by atoms with Crippen molar-refractivity contribution < 1.29 is 9.47 Å². The molecule has 5 aromatic carbocycles. The number of hydrogen-bond acceptors (Lipinski definition) is 2. The first-order valence-corrected chi connectivity index (χ1v) is 16.0. The SMILES string of the molecule is COc1ccc2c(c1)C(C)(C)c1cc3c(C(C)(C)C)c4cc5c(cc4c(C(C)(C)C)c3cc1-2)C(C)(C)c1cc(OC)ccc1-5. The van der Waals surface area contributed by atoms with Crippen LogP contribution in [0.1, 0.15) is 103 Å². The maximum absolute atomic E-state index is 5.68. The van der Waals surface area contributed by atoms with E-state index in [-0.39, 0.29) is 21.7 Å². The highest BCUT2D eigenvalue weighted by Gasteiger charge is 2.40. The van der Waals surface area contributed by atoms with E-state index in [9.17, 15) is 0 Å². The summed E-state index contributed by atoms with van der Waals surface area (Å²) in [4.78, 5) is 0. The van der Waals surface area contributed by atoms with Crippen molar-refractivity contribution in [2.75, 3.05) is 14.2 Å². The van der Waals surface area contributed by atoms with Gasteiger partial charge in [0.1, 0.15) is 11.5 Å². The van der Waals surface area contributed by atoms with Gasteiger partial charge in [0.15, 0.2) is 0 Å². The zero-order valence-corrected chi connectivity index (χ0v) is 28.6. The van der Waals surface area contributed by atoms with Crippen LogP contribution in [0.25, 0.3) is 43.8 Å². The van der Waals surface area contributed by atoms with Crippen LogP contribution >= 0.6 is 0 Å². The first kappa shape index (κ1) is 29.0. The number of methoxy groups -OCH3 is 2. The van der Waals surface area contributed by atoms with Crippen LogP contribution in [-0.2, 0) is 21.7 Å². The van der Waals surface area contributed by atoms with Gasteiger partial charge in [0.05, 0.1) is 14.2 Å². The van der Waals surface area contributed by atoms with Crippen LogP contribution < -0.4 is 9.47 Å². The second-order valence-corrected chi connectivity index (χ2v) is 16.2. The quantitative estimate of drug-likeness (QED) is 0.193. The minimum Gasteiger partial charge on any atom is -0.497 e. The lowest BCUT2D eigenvalue weighted by Gasteiger charge is -2.32. The molecule has 2 nitrogen and oxygen atoms in total. The third kappa shape index (κ3) is 3.79. The van der Waals surface area contributed by atoms with E-state index in [1.54, 1.807) is 14.2 Å². The Morgan fingerprint density at radius 2 is 0.750 bits per heavy atom. The van der Waals surface area contributed by atoms with E-state index >= 15 is 0 Å². The van der Waals surface area contributed by atoms with Gasteiger partial charge < -0.3 is 9.47 Å². The monoisotopic (exact) mass is 582 g/mol. The van der Waals surface area contributed by atoms with E-state index in [0.29, 0.717) is 0 Å². The molecule has 0 unspecified atom stereocenters. The van der Waals surface area contributed by atoms with Crippen LogP contribution in [-0.4, -0.2) is 14.2 Å². The summed E-state index contributed by atoms with van der Waals surface area (Å²) in [5.41, 5.74) is 13.3. The third-order valence-corrected chi connectivity index (χ3v) is 10.6. The molecule has 0 saturated heterocycles. The van der Waals surface area contributed by atoms with Crippen molar-refractivity contribution in [1.29, 1.82) is 0 Å². The number of ether oxygens (including phenoxy) is 2. The van der Waals surface area contributed by atoms with Crippen molar-refractivity contribution in [1.82, 2.24) is 0 Å². The number of rotatable bonds is 2. The van der Waals surface area contributed by atoms with Crippen molar-refractivity contribution in [3.8, 4) is 33.8 Å². The Balaban J connectivity index is 1.66. The van der Waals surface area contributed by atoms with Crippen molar-refractivity contribution in [2.24, 2.45) is 0 Å². The standard InChI is InChI=1S/C42H46O2/c1-39(2,3)37-29-19-27-25-15-13-23(43-11)17-33(25)42(9,10)36(27)22-32(29)38(40(4,5)6)30-20-28-26-16-14-24(44-12)18-34(26)41(7,8)35(28)21-31(30)37/h13-22H,1-12H3. The maximum atomic E-state index is 5.68. The van der Waals surface area contributed by atoms with Crippen LogP contribution in [0.15, 0.2) is 60.7 Å². The third-order valence-electron chi connectivity index (χ3n) is 10.6. The zero-order chi connectivity index (χ0) is 31.7. The molecule has 0 aromatic heterocycles. The van der Waals surface area contributed by atoms with Crippen LogP contribution in [0.5, 0.6) is 11.5 Å². The van der Waals surface area contributed by atoms with Crippen molar-refractivity contribution in [3.05, 3.63) is 94.0 Å². The molecule has 5 aromatic rings. The van der Waals surface area contributed by atoms with Gasteiger partial charge >= 0.3 is 0 Å². The molecule has 0 radical (unpaired) electrons. The Morgan fingerprint density at radius 1 is 0.432 bits per heavy atom. The van der Waals surface area contributed by atoms with Crippen LogP contribution in [0.2, 0.25) is 0 Å². The van der Waals surface area contributed by atoms with E-state index in [1.165, 1.54) is 77.2 Å². The molecular formula is C42H46O2. The molecule has 0 aliphatic heterocycles. The van der Waals surface area contributed by atoms with E-state index in [1.807, 2.05) is 0 Å².